The van der Waals surface area contributed by atoms with Crippen LogP contribution >= 0.6 is 24.0 Å². The molecule has 0 saturated heterocycles. The summed E-state index contributed by atoms with van der Waals surface area (Å²) in [5.74, 6) is 1.01. The van der Waals surface area contributed by atoms with Crippen LogP contribution in [-0.4, -0.2) is 27.8 Å². The number of anilines is 1. The van der Waals surface area contributed by atoms with E-state index in [1.54, 1.807) is 18.1 Å². The van der Waals surface area contributed by atoms with Crippen molar-refractivity contribution in [3.8, 4) is 5.88 Å². The molecule has 166 valence electrons. The number of nitrogens with zero attached hydrogens (tertiary/aromatic N) is 2. The van der Waals surface area contributed by atoms with E-state index >= 15 is 0 Å². The van der Waals surface area contributed by atoms with Crippen LogP contribution in [-0.2, 0) is 0 Å². The fourth-order valence-corrected chi connectivity index (χ4v) is 4.32. The van der Waals surface area contributed by atoms with Gasteiger partial charge in [0.1, 0.15) is 17.0 Å². The van der Waals surface area contributed by atoms with Gasteiger partial charge in [-0.05, 0) is 26.0 Å². The number of ether oxygens (including phenoxy) is 1. The molecule has 29 heavy (non-hydrogen) atoms. The fraction of sp³-hybridized carbons (Fsp3) is 0.783. The monoisotopic (exact) mass is 439 g/mol. The highest BCUT2D eigenvalue weighted by atomic mass is 32.2. The quantitative estimate of drug-likeness (QED) is 0.116. The van der Waals surface area contributed by atoms with Gasteiger partial charge >= 0.3 is 0 Å². The Hall–Kier alpha value is -0.880. The topological polar surface area (TPSA) is 47.0 Å². The minimum atomic E-state index is 0.414. The van der Waals surface area contributed by atoms with E-state index in [4.69, 9.17) is 17.0 Å². The molecule has 1 heterocycles. The Morgan fingerprint density at radius 2 is 1.55 bits per heavy atom. The lowest BCUT2D eigenvalue weighted by atomic mass is 9.94. The number of aromatic nitrogens is 2. The molecular weight excluding hydrogens is 398 g/mol. The van der Waals surface area contributed by atoms with Crippen LogP contribution in [0.4, 0.5) is 5.69 Å². The molecule has 1 aromatic heterocycles. The molecule has 1 rings (SSSR count). The van der Waals surface area contributed by atoms with Crippen molar-refractivity contribution in [2.45, 2.75) is 103 Å². The van der Waals surface area contributed by atoms with Gasteiger partial charge in [-0.3, -0.25) is 0 Å². The molecule has 0 spiro atoms. The van der Waals surface area contributed by atoms with E-state index in [2.05, 4.69) is 29.1 Å². The molecule has 1 N–H and O–H groups in total. The van der Waals surface area contributed by atoms with Crippen molar-refractivity contribution in [3.05, 3.63) is 6.33 Å². The van der Waals surface area contributed by atoms with E-state index in [9.17, 15) is 0 Å². The standard InChI is InChI=1S/C23H41N3OS2/c1-5-8-10-12-13-15-17-19(16-14-11-9-6-2)22(28)26-20-21(27-7-3)24-18-25-23(20)29-4/h18-19H,5-17H2,1-4H3,(H,26,28). The smallest absolute Gasteiger partial charge is 0.242 e. The van der Waals surface area contributed by atoms with Crippen molar-refractivity contribution in [1.82, 2.24) is 9.97 Å². The second-order valence-electron chi connectivity index (χ2n) is 7.59. The maximum atomic E-state index is 5.87. The zero-order valence-corrected chi connectivity index (χ0v) is 20.6. The summed E-state index contributed by atoms with van der Waals surface area (Å²) in [6, 6.07) is 0. The summed E-state index contributed by atoms with van der Waals surface area (Å²) in [5, 5.41) is 4.36. The first-order chi connectivity index (χ1) is 14.2. The van der Waals surface area contributed by atoms with Crippen molar-refractivity contribution < 1.29 is 4.74 Å². The maximum Gasteiger partial charge on any atom is 0.242 e. The molecule has 1 atom stereocenters. The van der Waals surface area contributed by atoms with Gasteiger partial charge in [-0.15, -0.1) is 11.8 Å². The molecule has 0 bridgehead atoms. The summed E-state index contributed by atoms with van der Waals surface area (Å²) in [6.07, 6.45) is 18.9. The summed E-state index contributed by atoms with van der Waals surface area (Å²) >= 11 is 7.46. The first kappa shape index (κ1) is 26.2. The Balaban J connectivity index is 2.74. The Bertz CT molecular complexity index is 569. The van der Waals surface area contributed by atoms with Crippen molar-refractivity contribution >= 4 is 34.7 Å². The predicted octanol–water partition coefficient (Wildman–Crippen LogP) is 7.67. The zero-order valence-electron chi connectivity index (χ0n) is 19.0. The molecule has 0 fully saturated rings. The van der Waals surface area contributed by atoms with Gasteiger partial charge in [0, 0.05) is 5.92 Å². The van der Waals surface area contributed by atoms with E-state index in [0.29, 0.717) is 18.4 Å². The van der Waals surface area contributed by atoms with Gasteiger partial charge in [0.25, 0.3) is 0 Å². The Morgan fingerprint density at radius 3 is 2.14 bits per heavy atom. The third-order valence-corrected chi connectivity index (χ3v) is 6.32. The highest BCUT2D eigenvalue weighted by molar-refractivity contribution is 7.98. The number of unbranched alkanes of at least 4 members (excludes halogenated alkanes) is 8. The molecular formula is C23H41N3OS2. The predicted molar refractivity (Wildman–Crippen MR) is 131 cm³/mol. The van der Waals surface area contributed by atoms with E-state index in [0.717, 1.165) is 28.5 Å². The summed E-state index contributed by atoms with van der Waals surface area (Å²) in [5.41, 5.74) is 0.827. The van der Waals surface area contributed by atoms with Gasteiger partial charge in [-0.25, -0.2) is 4.98 Å². The van der Waals surface area contributed by atoms with E-state index in [-0.39, 0.29) is 0 Å². The molecule has 1 aromatic rings. The van der Waals surface area contributed by atoms with Gasteiger partial charge in [0.15, 0.2) is 0 Å². The van der Waals surface area contributed by atoms with Gasteiger partial charge in [0.2, 0.25) is 5.88 Å². The van der Waals surface area contributed by atoms with Crippen LogP contribution in [0, 0.1) is 5.92 Å². The van der Waals surface area contributed by atoms with Crippen LogP contribution in [0.3, 0.4) is 0 Å². The number of rotatable bonds is 17. The third-order valence-electron chi connectivity index (χ3n) is 5.18. The van der Waals surface area contributed by atoms with Gasteiger partial charge in [0.05, 0.1) is 11.6 Å². The first-order valence-electron chi connectivity index (χ1n) is 11.5. The Morgan fingerprint density at radius 1 is 0.966 bits per heavy atom. The first-order valence-corrected chi connectivity index (χ1v) is 13.1. The lowest BCUT2D eigenvalue weighted by Crippen LogP contribution is -2.22. The lowest BCUT2D eigenvalue weighted by molar-refractivity contribution is 0.327. The number of thioether (sulfide) groups is 1. The Labute approximate surface area is 188 Å². The molecule has 0 saturated carbocycles. The SMILES string of the molecule is CCCCCCCCC(CCCCCC)C(=S)Nc1c(OCC)ncnc1SC. The second kappa shape index (κ2) is 16.9. The van der Waals surface area contributed by atoms with Crippen molar-refractivity contribution in [3.63, 3.8) is 0 Å². The molecule has 0 aliphatic rings. The summed E-state index contributed by atoms with van der Waals surface area (Å²) in [6.45, 7) is 7.07. The third kappa shape index (κ3) is 10.6. The largest absolute Gasteiger partial charge is 0.476 e. The number of nitrogens with one attached hydrogen (secondary N) is 1. The van der Waals surface area contributed by atoms with Crippen molar-refractivity contribution in [1.29, 1.82) is 0 Å². The minimum Gasteiger partial charge on any atom is -0.476 e. The molecule has 0 amide bonds. The van der Waals surface area contributed by atoms with Crippen LogP contribution in [0.2, 0.25) is 0 Å². The van der Waals surface area contributed by atoms with E-state index in [1.165, 1.54) is 64.2 Å². The van der Waals surface area contributed by atoms with Crippen molar-refractivity contribution in [2.24, 2.45) is 5.92 Å². The minimum absolute atomic E-state index is 0.414. The average Bonchev–Trinajstić information content (AvgIpc) is 2.73. The fourth-order valence-electron chi connectivity index (χ4n) is 3.48. The summed E-state index contributed by atoms with van der Waals surface area (Å²) in [7, 11) is 0. The molecule has 1 unspecified atom stereocenters. The number of hydrogen-bond donors (Lipinski definition) is 1. The summed E-state index contributed by atoms with van der Waals surface area (Å²) < 4.78 is 5.72. The van der Waals surface area contributed by atoms with E-state index < -0.39 is 0 Å². The average molecular weight is 440 g/mol. The highest BCUT2D eigenvalue weighted by Gasteiger charge is 2.19. The molecule has 0 aromatic carbocycles. The van der Waals surface area contributed by atoms with Crippen LogP contribution < -0.4 is 10.1 Å². The number of hydrogen-bond acceptors (Lipinski definition) is 5. The zero-order chi connectivity index (χ0) is 21.3. The molecule has 6 heteroatoms. The molecule has 0 aliphatic heterocycles. The maximum absolute atomic E-state index is 5.87. The van der Waals surface area contributed by atoms with Gasteiger partial charge < -0.3 is 10.1 Å². The molecule has 0 radical (unpaired) electrons. The van der Waals surface area contributed by atoms with Crippen LogP contribution in [0.25, 0.3) is 0 Å². The van der Waals surface area contributed by atoms with Gasteiger partial charge in [-0.2, -0.15) is 4.98 Å². The van der Waals surface area contributed by atoms with Crippen LogP contribution in [0.15, 0.2) is 11.4 Å². The van der Waals surface area contributed by atoms with Crippen LogP contribution in [0.1, 0.15) is 97.8 Å². The van der Waals surface area contributed by atoms with Gasteiger partial charge in [-0.1, -0.05) is 90.3 Å². The van der Waals surface area contributed by atoms with Crippen LogP contribution in [0.5, 0.6) is 5.88 Å². The molecule has 4 nitrogen and oxygen atoms in total. The normalized spacial score (nSPS) is 12.0. The Kier molecular flexibility index (Phi) is 15.2. The lowest BCUT2D eigenvalue weighted by Gasteiger charge is -2.21. The van der Waals surface area contributed by atoms with E-state index in [1.807, 2.05) is 13.2 Å². The number of thiocarbonyl (C=S) groups is 1. The highest BCUT2D eigenvalue weighted by Crippen LogP contribution is 2.32. The second-order valence-corrected chi connectivity index (χ2v) is 8.82. The summed E-state index contributed by atoms with van der Waals surface area (Å²) in [4.78, 5) is 9.62. The van der Waals surface area contributed by atoms with Crippen molar-refractivity contribution in [2.75, 3.05) is 18.2 Å². The molecule has 0 aliphatic carbocycles.